The van der Waals surface area contributed by atoms with Crippen molar-refractivity contribution in [3.63, 3.8) is 0 Å². The van der Waals surface area contributed by atoms with E-state index < -0.39 is 0 Å². The molecule has 1 aromatic rings. The zero-order valence-corrected chi connectivity index (χ0v) is 12.1. The maximum absolute atomic E-state index is 12.1. The van der Waals surface area contributed by atoms with Crippen molar-refractivity contribution in [1.29, 1.82) is 0 Å². The van der Waals surface area contributed by atoms with Crippen LogP contribution in [0, 0.1) is 0 Å². The van der Waals surface area contributed by atoms with Gasteiger partial charge in [0.25, 0.3) is 0 Å². The highest BCUT2D eigenvalue weighted by Crippen LogP contribution is 2.07. The Kier molecular flexibility index (Phi) is 5.18. The van der Waals surface area contributed by atoms with Crippen LogP contribution in [0.25, 0.3) is 0 Å². The lowest BCUT2D eigenvalue weighted by Gasteiger charge is -2.31. The minimum absolute atomic E-state index is 0.220. The maximum atomic E-state index is 12.1. The lowest BCUT2D eigenvalue weighted by atomic mass is 10.1. The molecule has 1 atom stereocenters. The molecule has 1 aliphatic heterocycles. The Hall–Kier alpha value is -1.81. The molecule has 1 aromatic carbocycles. The van der Waals surface area contributed by atoms with Gasteiger partial charge in [-0.05, 0) is 19.4 Å². The first-order valence-corrected chi connectivity index (χ1v) is 6.99. The van der Waals surface area contributed by atoms with Gasteiger partial charge in [0.2, 0.25) is 0 Å². The van der Waals surface area contributed by atoms with Crippen LogP contribution in [-0.4, -0.2) is 36.7 Å². The van der Waals surface area contributed by atoms with Crippen LogP contribution in [0.2, 0.25) is 0 Å². The van der Waals surface area contributed by atoms with Gasteiger partial charge in [-0.25, -0.2) is 4.79 Å². The van der Waals surface area contributed by atoms with E-state index in [1.54, 1.807) is 4.90 Å². The molecule has 1 amide bonds. The van der Waals surface area contributed by atoms with Gasteiger partial charge in [0.1, 0.15) is 6.61 Å². The number of ether oxygens (including phenoxy) is 1. The quantitative estimate of drug-likeness (QED) is 0.861. The molecule has 0 spiro atoms. The van der Waals surface area contributed by atoms with Gasteiger partial charge in [0, 0.05) is 25.7 Å². The van der Waals surface area contributed by atoms with E-state index in [0.717, 1.165) is 12.1 Å². The van der Waals surface area contributed by atoms with Crippen molar-refractivity contribution in [1.82, 2.24) is 10.2 Å². The highest BCUT2D eigenvalue weighted by molar-refractivity contribution is 5.68. The molecule has 20 heavy (non-hydrogen) atoms. The first-order chi connectivity index (χ1) is 9.65. The second-order valence-corrected chi connectivity index (χ2v) is 5.29. The third kappa shape index (κ3) is 4.38. The van der Waals surface area contributed by atoms with E-state index in [2.05, 4.69) is 25.2 Å². The number of nitrogens with zero attached hydrogens (tertiary/aromatic N) is 1. The zero-order chi connectivity index (χ0) is 14.4. The van der Waals surface area contributed by atoms with Gasteiger partial charge in [-0.3, -0.25) is 0 Å². The van der Waals surface area contributed by atoms with Crippen LogP contribution in [-0.2, 0) is 11.3 Å². The van der Waals surface area contributed by atoms with E-state index in [1.165, 1.54) is 5.57 Å². The molecule has 108 valence electrons. The van der Waals surface area contributed by atoms with Crippen molar-refractivity contribution in [2.45, 2.75) is 26.5 Å². The smallest absolute Gasteiger partial charge is 0.410 e. The molecule has 4 heteroatoms. The van der Waals surface area contributed by atoms with Crippen molar-refractivity contribution in [3.8, 4) is 0 Å². The minimum Gasteiger partial charge on any atom is -0.445 e. The van der Waals surface area contributed by atoms with Gasteiger partial charge in [-0.1, -0.05) is 42.0 Å². The van der Waals surface area contributed by atoms with Crippen LogP contribution in [0.15, 0.2) is 42.0 Å². The first kappa shape index (κ1) is 14.6. The molecule has 1 N–H and O–H groups in total. The largest absolute Gasteiger partial charge is 0.445 e. The van der Waals surface area contributed by atoms with E-state index in [0.29, 0.717) is 19.7 Å². The predicted octanol–water partition coefficient (Wildman–Crippen LogP) is 2.56. The molecule has 0 aliphatic carbocycles. The third-order valence-corrected chi connectivity index (χ3v) is 3.20. The highest BCUT2D eigenvalue weighted by atomic mass is 16.6. The molecule has 1 unspecified atom stereocenters. The standard InChI is InChI=1S/C16H22N2O2/c1-13(2)10-15-11-18(9-8-17-15)16(19)20-12-14-6-4-3-5-7-14/h3-7,10,15,17H,8-9,11-12H2,1-2H3. The number of carbonyl (C=O) groups excluding carboxylic acids is 1. The van der Waals surface area contributed by atoms with Crippen LogP contribution >= 0.6 is 0 Å². The average Bonchev–Trinajstić information content (AvgIpc) is 2.45. The summed E-state index contributed by atoms with van der Waals surface area (Å²) in [5.41, 5.74) is 2.26. The van der Waals surface area contributed by atoms with Crippen LogP contribution < -0.4 is 5.32 Å². The molecule has 0 saturated carbocycles. The van der Waals surface area contributed by atoms with Gasteiger partial charge >= 0.3 is 6.09 Å². The normalized spacial score (nSPS) is 18.5. The first-order valence-electron chi connectivity index (χ1n) is 6.99. The number of hydrogen-bond donors (Lipinski definition) is 1. The summed E-state index contributed by atoms with van der Waals surface area (Å²) in [5.74, 6) is 0. The molecule has 1 aliphatic rings. The fourth-order valence-electron chi connectivity index (χ4n) is 2.27. The van der Waals surface area contributed by atoms with Crippen molar-refractivity contribution in [3.05, 3.63) is 47.5 Å². The third-order valence-electron chi connectivity index (χ3n) is 3.20. The van der Waals surface area contributed by atoms with Gasteiger partial charge in [-0.2, -0.15) is 0 Å². The Morgan fingerprint density at radius 1 is 1.40 bits per heavy atom. The number of allylic oxidation sites excluding steroid dienone is 1. The minimum atomic E-state index is -0.234. The molecule has 2 rings (SSSR count). The molecular weight excluding hydrogens is 252 g/mol. The second-order valence-electron chi connectivity index (χ2n) is 5.29. The number of nitrogens with one attached hydrogen (secondary N) is 1. The van der Waals surface area contributed by atoms with E-state index >= 15 is 0 Å². The summed E-state index contributed by atoms with van der Waals surface area (Å²) in [6.45, 7) is 6.62. The Labute approximate surface area is 120 Å². The Morgan fingerprint density at radius 2 is 2.15 bits per heavy atom. The summed E-state index contributed by atoms with van der Waals surface area (Å²) in [7, 11) is 0. The van der Waals surface area contributed by atoms with Gasteiger partial charge < -0.3 is 15.0 Å². The summed E-state index contributed by atoms with van der Waals surface area (Å²) in [5, 5.41) is 3.38. The van der Waals surface area contributed by atoms with E-state index in [-0.39, 0.29) is 12.1 Å². The number of rotatable bonds is 3. The molecule has 1 heterocycles. The predicted molar refractivity (Wildman–Crippen MR) is 79.4 cm³/mol. The number of carbonyl (C=O) groups is 1. The van der Waals surface area contributed by atoms with Crippen molar-refractivity contribution in [2.24, 2.45) is 0 Å². The lowest BCUT2D eigenvalue weighted by Crippen LogP contribution is -2.52. The monoisotopic (exact) mass is 274 g/mol. The molecule has 0 radical (unpaired) electrons. The fraction of sp³-hybridized carbons (Fsp3) is 0.438. The van der Waals surface area contributed by atoms with Crippen LogP contribution in [0.5, 0.6) is 0 Å². The summed E-state index contributed by atoms with van der Waals surface area (Å²) in [6.07, 6.45) is 1.92. The molecule has 1 fully saturated rings. The maximum Gasteiger partial charge on any atom is 0.410 e. The van der Waals surface area contributed by atoms with Crippen molar-refractivity contribution >= 4 is 6.09 Å². The van der Waals surface area contributed by atoms with Gasteiger partial charge in [0.15, 0.2) is 0 Å². The highest BCUT2D eigenvalue weighted by Gasteiger charge is 2.22. The molecule has 4 nitrogen and oxygen atoms in total. The molecule has 0 bridgehead atoms. The molecular formula is C16H22N2O2. The van der Waals surface area contributed by atoms with Crippen LogP contribution in [0.4, 0.5) is 4.79 Å². The fourth-order valence-corrected chi connectivity index (χ4v) is 2.27. The van der Waals surface area contributed by atoms with Gasteiger partial charge in [-0.15, -0.1) is 0 Å². The van der Waals surface area contributed by atoms with Gasteiger partial charge in [0.05, 0.1) is 0 Å². The zero-order valence-electron chi connectivity index (χ0n) is 12.1. The summed E-state index contributed by atoms with van der Waals surface area (Å²) >= 11 is 0. The average molecular weight is 274 g/mol. The van der Waals surface area contributed by atoms with Crippen LogP contribution in [0.1, 0.15) is 19.4 Å². The summed E-state index contributed by atoms with van der Waals surface area (Å²) in [4.78, 5) is 13.8. The number of amides is 1. The number of hydrogen-bond acceptors (Lipinski definition) is 3. The second kappa shape index (κ2) is 7.10. The lowest BCUT2D eigenvalue weighted by molar-refractivity contribution is 0.0879. The SMILES string of the molecule is CC(C)=CC1CN(C(=O)OCc2ccccc2)CCN1. The van der Waals surface area contributed by atoms with Crippen LogP contribution in [0.3, 0.4) is 0 Å². The Morgan fingerprint density at radius 3 is 2.85 bits per heavy atom. The van der Waals surface area contributed by atoms with E-state index in [4.69, 9.17) is 4.74 Å². The Bertz CT molecular complexity index is 467. The van der Waals surface area contributed by atoms with E-state index in [1.807, 2.05) is 30.3 Å². The summed E-state index contributed by atoms with van der Waals surface area (Å²) in [6, 6.07) is 9.97. The molecule has 1 saturated heterocycles. The number of piperazine rings is 1. The number of benzene rings is 1. The van der Waals surface area contributed by atoms with Crippen molar-refractivity contribution < 1.29 is 9.53 Å². The topological polar surface area (TPSA) is 41.6 Å². The Balaban J connectivity index is 1.84. The van der Waals surface area contributed by atoms with E-state index in [9.17, 15) is 4.79 Å². The van der Waals surface area contributed by atoms with Crippen molar-refractivity contribution in [2.75, 3.05) is 19.6 Å². The summed E-state index contributed by atoms with van der Waals surface area (Å²) < 4.78 is 5.36. The molecule has 0 aromatic heterocycles.